The topological polar surface area (TPSA) is 96.5 Å². The molecule has 0 saturated heterocycles. The molecule has 2 atom stereocenters. The molecule has 0 spiro atoms. The summed E-state index contributed by atoms with van der Waals surface area (Å²) in [6, 6.07) is 14.1. The highest BCUT2D eigenvalue weighted by Gasteiger charge is 2.39. The van der Waals surface area contributed by atoms with Crippen LogP contribution in [0.1, 0.15) is 37.3 Å². The monoisotopic (exact) mass is 549 g/mol. The van der Waals surface area contributed by atoms with Crippen LogP contribution in [-0.2, 0) is 23.9 Å². The molecule has 0 radical (unpaired) electrons. The molecule has 2 aromatic carbocycles. The fraction of sp³-hybridized carbons (Fsp3) is 0.419. The number of esters is 1. The molecule has 40 heavy (non-hydrogen) atoms. The number of hydrogen-bond acceptors (Lipinski definition) is 6. The van der Waals surface area contributed by atoms with Crippen molar-refractivity contribution in [2.75, 3.05) is 41.4 Å². The van der Waals surface area contributed by atoms with Crippen molar-refractivity contribution >= 4 is 23.9 Å². The fourth-order valence-corrected chi connectivity index (χ4v) is 5.13. The molecular formula is C31H39N3O6. The smallest absolute Gasteiger partial charge is 0.410 e. The molecule has 2 unspecified atom stereocenters. The van der Waals surface area contributed by atoms with Gasteiger partial charge in [0.25, 0.3) is 0 Å². The van der Waals surface area contributed by atoms with Crippen molar-refractivity contribution in [3.63, 3.8) is 0 Å². The minimum atomic E-state index is -1.10. The molecule has 0 aliphatic heterocycles. The summed E-state index contributed by atoms with van der Waals surface area (Å²) in [5, 5.41) is 0. The van der Waals surface area contributed by atoms with Crippen LogP contribution in [0.5, 0.6) is 0 Å². The normalized spacial score (nSPS) is 13.5. The van der Waals surface area contributed by atoms with Crippen molar-refractivity contribution < 1.29 is 28.7 Å². The molecule has 0 fully saturated rings. The van der Waals surface area contributed by atoms with E-state index in [1.165, 1.54) is 34.9 Å². The van der Waals surface area contributed by atoms with Gasteiger partial charge in [-0.2, -0.15) is 0 Å². The number of carbonyl (C=O) groups is 4. The van der Waals surface area contributed by atoms with Crippen LogP contribution in [-0.4, -0.2) is 92.1 Å². The molecule has 2 aromatic rings. The maximum absolute atomic E-state index is 13.7. The minimum absolute atomic E-state index is 0.00148. The van der Waals surface area contributed by atoms with Crippen molar-refractivity contribution in [1.82, 2.24) is 14.7 Å². The van der Waals surface area contributed by atoms with Crippen molar-refractivity contribution in [2.45, 2.75) is 38.3 Å². The summed E-state index contributed by atoms with van der Waals surface area (Å²) in [7, 11) is 6.06. The van der Waals surface area contributed by atoms with Crippen molar-refractivity contribution in [2.24, 2.45) is 5.92 Å². The van der Waals surface area contributed by atoms with Crippen LogP contribution in [0.2, 0.25) is 0 Å². The van der Waals surface area contributed by atoms with Gasteiger partial charge >= 0.3 is 12.1 Å². The first-order valence-corrected chi connectivity index (χ1v) is 13.3. The number of nitrogens with zero attached hydrogens (tertiary/aromatic N) is 3. The lowest BCUT2D eigenvalue weighted by molar-refractivity contribution is -0.152. The Morgan fingerprint density at radius 2 is 1.40 bits per heavy atom. The lowest BCUT2D eigenvalue weighted by Crippen LogP contribution is -2.56. The predicted molar refractivity (Wildman–Crippen MR) is 152 cm³/mol. The van der Waals surface area contributed by atoms with E-state index in [4.69, 9.17) is 9.47 Å². The van der Waals surface area contributed by atoms with E-state index in [0.29, 0.717) is 0 Å². The summed E-state index contributed by atoms with van der Waals surface area (Å²) in [6.07, 6.45) is 0.448. The average molecular weight is 550 g/mol. The van der Waals surface area contributed by atoms with Gasteiger partial charge in [0.05, 0.1) is 6.42 Å². The zero-order chi connectivity index (χ0) is 29.6. The minimum Gasteiger partial charge on any atom is -0.461 e. The number of fused-ring (bicyclic) bond motifs is 3. The number of amides is 3. The van der Waals surface area contributed by atoms with Gasteiger partial charge < -0.3 is 19.3 Å². The molecule has 0 saturated carbocycles. The van der Waals surface area contributed by atoms with Crippen LogP contribution in [0.25, 0.3) is 11.1 Å². The van der Waals surface area contributed by atoms with Gasteiger partial charge in [-0.3, -0.25) is 19.3 Å². The molecule has 9 nitrogen and oxygen atoms in total. The second-order valence-corrected chi connectivity index (χ2v) is 10.5. The molecule has 3 rings (SSSR count). The number of likely N-dealkylation sites (N-methyl/N-ethyl adjacent to an activating group) is 3. The second-order valence-electron chi connectivity index (χ2n) is 10.5. The molecule has 1 aliphatic rings. The Balaban J connectivity index is 1.76. The van der Waals surface area contributed by atoms with Crippen molar-refractivity contribution in [3.8, 4) is 11.1 Å². The molecule has 0 N–H and O–H groups in total. The van der Waals surface area contributed by atoms with Crippen LogP contribution in [0, 0.1) is 5.92 Å². The van der Waals surface area contributed by atoms with Gasteiger partial charge in [0.2, 0.25) is 11.8 Å². The molecule has 0 bridgehead atoms. The van der Waals surface area contributed by atoms with Crippen molar-refractivity contribution in [3.05, 3.63) is 72.3 Å². The number of rotatable bonds is 11. The quantitative estimate of drug-likeness (QED) is 0.311. The second kappa shape index (κ2) is 13.3. The lowest BCUT2D eigenvalue weighted by Gasteiger charge is -2.36. The lowest BCUT2D eigenvalue weighted by atomic mass is 9.98. The van der Waals surface area contributed by atoms with Crippen LogP contribution in [0.15, 0.2) is 61.2 Å². The average Bonchev–Trinajstić information content (AvgIpc) is 3.26. The highest BCUT2D eigenvalue weighted by molar-refractivity contribution is 5.93. The summed E-state index contributed by atoms with van der Waals surface area (Å²) in [4.78, 5) is 56.1. The Labute approximate surface area is 236 Å². The standard InChI is InChI=1S/C31H39N3O6/c1-8-17-39-27(35)18-26(29(36)32(4)5)33(6)30(37)28(20(2)3)34(7)31(38)40-19-25-23-15-11-9-13-21(23)22-14-10-12-16-24(22)25/h8-16,20,25-26,28H,1,17-19H2,2-7H3. The van der Waals surface area contributed by atoms with Crippen molar-refractivity contribution in [1.29, 1.82) is 0 Å². The summed E-state index contributed by atoms with van der Waals surface area (Å²) in [6.45, 7) is 7.25. The first-order valence-electron chi connectivity index (χ1n) is 13.3. The first-order chi connectivity index (χ1) is 19.0. The number of ether oxygens (including phenoxy) is 2. The van der Waals surface area contributed by atoms with Gasteiger partial charge in [0.1, 0.15) is 25.3 Å². The fourth-order valence-electron chi connectivity index (χ4n) is 5.13. The van der Waals surface area contributed by atoms with E-state index in [0.717, 1.165) is 22.3 Å². The maximum Gasteiger partial charge on any atom is 0.410 e. The number of carbonyl (C=O) groups excluding carboxylic acids is 4. The third-order valence-electron chi connectivity index (χ3n) is 7.19. The first kappa shape index (κ1) is 30.4. The number of benzene rings is 2. The van der Waals surface area contributed by atoms with Gasteiger partial charge in [-0.05, 0) is 28.2 Å². The van der Waals surface area contributed by atoms with Gasteiger partial charge in [0, 0.05) is 34.1 Å². The van der Waals surface area contributed by atoms with E-state index in [1.54, 1.807) is 14.1 Å². The van der Waals surface area contributed by atoms with Gasteiger partial charge in [0.15, 0.2) is 0 Å². The van der Waals surface area contributed by atoms with Gasteiger partial charge in [-0.25, -0.2) is 4.79 Å². The summed E-state index contributed by atoms with van der Waals surface area (Å²) >= 11 is 0. The molecular weight excluding hydrogens is 510 g/mol. The summed E-state index contributed by atoms with van der Waals surface area (Å²) < 4.78 is 10.8. The van der Waals surface area contributed by atoms with Crippen LogP contribution in [0.3, 0.4) is 0 Å². The zero-order valence-corrected chi connectivity index (χ0v) is 24.1. The van der Waals surface area contributed by atoms with E-state index in [2.05, 4.69) is 18.7 Å². The SMILES string of the molecule is C=CCOC(=O)CC(C(=O)N(C)C)N(C)C(=O)C(C(C)C)N(C)C(=O)OCC1c2ccccc2-c2ccccc21. The molecule has 0 heterocycles. The predicted octanol–water partition coefficient (Wildman–Crippen LogP) is 3.93. The largest absolute Gasteiger partial charge is 0.461 e. The Morgan fingerprint density at radius 1 is 0.850 bits per heavy atom. The molecule has 214 valence electrons. The Morgan fingerprint density at radius 3 is 1.90 bits per heavy atom. The zero-order valence-electron chi connectivity index (χ0n) is 24.1. The number of hydrogen-bond donors (Lipinski definition) is 0. The van der Waals surface area contributed by atoms with Crippen LogP contribution in [0.4, 0.5) is 4.79 Å². The molecule has 1 aliphatic carbocycles. The summed E-state index contributed by atoms with van der Waals surface area (Å²) in [5.74, 6) is -1.97. The van der Waals surface area contributed by atoms with Gasteiger partial charge in [-0.15, -0.1) is 0 Å². The van der Waals surface area contributed by atoms with E-state index in [1.807, 2.05) is 50.2 Å². The van der Waals surface area contributed by atoms with E-state index in [9.17, 15) is 19.2 Å². The van der Waals surface area contributed by atoms with Gasteiger partial charge in [-0.1, -0.05) is 75.0 Å². The third kappa shape index (κ3) is 6.52. The summed E-state index contributed by atoms with van der Waals surface area (Å²) in [5.41, 5.74) is 4.41. The van der Waals surface area contributed by atoms with Crippen LogP contribution >= 0.6 is 0 Å². The van der Waals surface area contributed by atoms with E-state index >= 15 is 0 Å². The Hall–Kier alpha value is -4.14. The molecule has 0 aromatic heterocycles. The highest BCUT2D eigenvalue weighted by atomic mass is 16.6. The Kier molecular flexibility index (Phi) is 10.1. The van der Waals surface area contributed by atoms with Crippen LogP contribution < -0.4 is 0 Å². The third-order valence-corrected chi connectivity index (χ3v) is 7.19. The highest BCUT2D eigenvalue weighted by Crippen LogP contribution is 2.44. The van der Waals surface area contributed by atoms with E-state index < -0.39 is 36.0 Å². The Bertz CT molecular complexity index is 1210. The maximum atomic E-state index is 13.7. The molecule has 3 amide bonds. The van der Waals surface area contributed by atoms with E-state index in [-0.39, 0.29) is 31.5 Å². The molecule has 9 heteroatoms.